The van der Waals surface area contributed by atoms with E-state index in [1.807, 2.05) is 62.4 Å². The fourth-order valence-corrected chi connectivity index (χ4v) is 4.62. The predicted molar refractivity (Wildman–Crippen MR) is 155 cm³/mol. The summed E-state index contributed by atoms with van der Waals surface area (Å²) in [6.07, 6.45) is 0. The lowest BCUT2D eigenvalue weighted by Gasteiger charge is -2.29. The Morgan fingerprint density at radius 2 is 0.895 bits per heavy atom. The summed E-state index contributed by atoms with van der Waals surface area (Å²) in [7, 11) is 0. The molecular weight excluding hydrogens is 515 g/mol. The van der Waals surface area contributed by atoms with Crippen molar-refractivity contribution in [2.75, 3.05) is 13.1 Å². The summed E-state index contributed by atoms with van der Waals surface area (Å²) >= 11 is 12.8. The van der Waals surface area contributed by atoms with Gasteiger partial charge in [0, 0.05) is 26.2 Å². The molecule has 0 bridgehead atoms. The molecule has 0 aromatic heterocycles. The van der Waals surface area contributed by atoms with Crippen molar-refractivity contribution >= 4 is 35.0 Å². The van der Waals surface area contributed by atoms with Gasteiger partial charge in [-0.25, -0.2) is 0 Å². The first kappa shape index (κ1) is 27.4. The molecule has 0 unspecified atom stereocenters. The van der Waals surface area contributed by atoms with E-state index in [1.165, 1.54) is 0 Å². The van der Waals surface area contributed by atoms with E-state index in [2.05, 4.69) is 0 Å². The van der Waals surface area contributed by atoms with Gasteiger partial charge in [-0.15, -0.1) is 0 Å². The first-order chi connectivity index (χ1) is 18.3. The lowest BCUT2D eigenvalue weighted by atomic mass is 10.1. The van der Waals surface area contributed by atoms with Crippen molar-refractivity contribution < 1.29 is 9.59 Å². The van der Waals surface area contributed by atoms with Crippen LogP contribution < -0.4 is 0 Å². The number of hydrogen-bond donors (Lipinski definition) is 0. The molecule has 2 amide bonds. The van der Waals surface area contributed by atoms with E-state index in [-0.39, 0.29) is 11.8 Å². The van der Waals surface area contributed by atoms with Gasteiger partial charge in [0.25, 0.3) is 11.8 Å². The Balaban J connectivity index is 1.62. The van der Waals surface area contributed by atoms with E-state index in [9.17, 15) is 9.59 Å². The van der Waals surface area contributed by atoms with Gasteiger partial charge in [0.1, 0.15) is 0 Å². The molecule has 194 valence electrons. The Labute approximate surface area is 234 Å². The normalized spacial score (nSPS) is 10.7. The van der Waals surface area contributed by atoms with E-state index in [1.54, 1.807) is 58.3 Å². The summed E-state index contributed by atoms with van der Waals surface area (Å²) in [6, 6.07) is 30.2. The van der Waals surface area contributed by atoms with Crippen molar-refractivity contribution in [3.63, 3.8) is 0 Å². The summed E-state index contributed by atoms with van der Waals surface area (Å²) in [4.78, 5) is 30.8. The number of hydrogen-bond acceptors (Lipinski definition) is 2. The molecule has 4 rings (SSSR count). The standard InChI is InChI=1S/C32H30Cl2N2O2/c1-23-11-15-25(16-12-23)21-35(31(37)27-7-3-5-9-29(27)33)19-20-36(22-26-17-13-24(2)14-18-26)32(38)28-8-4-6-10-30(28)34/h3-18H,19-22H2,1-2H3. The first-order valence-corrected chi connectivity index (χ1v) is 13.3. The number of halogens is 2. The molecule has 0 aliphatic heterocycles. The van der Waals surface area contributed by atoms with Gasteiger partial charge in [-0.1, -0.05) is 107 Å². The minimum Gasteiger partial charge on any atom is -0.332 e. The van der Waals surface area contributed by atoms with Crippen molar-refractivity contribution in [2.45, 2.75) is 26.9 Å². The molecule has 0 radical (unpaired) electrons. The van der Waals surface area contributed by atoms with Crippen LogP contribution in [0.3, 0.4) is 0 Å². The summed E-state index contributed by atoms with van der Waals surface area (Å²) < 4.78 is 0. The molecule has 0 fully saturated rings. The van der Waals surface area contributed by atoms with Crippen molar-refractivity contribution in [3.8, 4) is 0 Å². The highest BCUT2D eigenvalue weighted by atomic mass is 35.5. The predicted octanol–water partition coefficient (Wildman–Crippen LogP) is 7.60. The minimum atomic E-state index is -0.184. The van der Waals surface area contributed by atoms with Crippen LogP contribution in [0, 0.1) is 13.8 Å². The lowest BCUT2D eigenvalue weighted by molar-refractivity contribution is 0.0644. The Hall–Kier alpha value is -3.60. The van der Waals surface area contributed by atoms with Gasteiger partial charge in [-0.2, -0.15) is 0 Å². The van der Waals surface area contributed by atoms with Crippen LogP contribution in [0.2, 0.25) is 10.0 Å². The summed E-state index contributed by atoms with van der Waals surface area (Å²) in [6.45, 7) is 5.48. The molecular formula is C32H30Cl2N2O2. The molecule has 0 saturated heterocycles. The highest BCUT2D eigenvalue weighted by molar-refractivity contribution is 6.34. The maximum absolute atomic E-state index is 13.7. The summed E-state index contributed by atoms with van der Waals surface area (Å²) in [5.74, 6) is -0.367. The van der Waals surface area contributed by atoms with Crippen LogP contribution in [0.25, 0.3) is 0 Å². The highest BCUT2D eigenvalue weighted by Crippen LogP contribution is 2.21. The monoisotopic (exact) mass is 544 g/mol. The maximum Gasteiger partial charge on any atom is 0.255 e. The quantitative estimate of drug-likeness (QED) is 0.217. The zero-order chi connectivity index (χ0) is 27.1. The van der Waals surface area contributed by atoms with E-state index < -0.39 is 0 Å². The van der Waals surface area contributed by atoms with Crippen LogP contribution in [0.1, 0.15) is 43.0 Å². The smallest absolute Gasteiger partial charge is 0.255 e. The number of nitrogens with zero attached hydrogens (tertiary/aromatic N) is 2. The summed E-state index contributed by atoms with van der Waals surface area (Å²) in [5.41, 5.74) is 5.16. The number of aryl methyl sites for hydroxylation is 2. The number of amides is 2. The Morgan fingerprint density at radius 3 is 1.24 bits per heavy atom. The van der Waals surface area contributed by atoms with Crippen molar-refractivity contribution in [2.24, 2.45) is 0 Å². The van der Waals surface area contributed by atoms with Gasteiger partial charge in [-0.3, -0.25) is 9.59 Å². The van der Waals surface area contributed by atoms with Gasteiger partial charge in [0.05, 0.1) is 21.2 Å². The first-order valence-electron chi connectivity index (χ1n) is 12.5. The van der Waals surface area contributed by atoms with E-state index in [0.717, 1.165) is 22.3 Å². The topological polar surface area (TPSA) is 40.6 Å². The average molecular weight is 546 g/mol. The number of rotatable bonds is 9. The molecule has 0 N–H and O–H groups in total. The fourth-order valence-electron chi connectivity index (χ4n) is 4.18. The van der Waals surface area contributed by atoms with Crippen LogP contribution in [-0.2, 0) is 13.1 Å². The van der Waals surface area contributed by atoms with Crippen LogP contribution in [0.4, 0.5) is 0 Å². The third-order valence-corrected chi connectivity index (χ3v) is 7.07. The molecule has 4 nitrogen and oxygen atoms in total. The van der Waals surface area contributed by atoms with Crippen LogP contribution >= 0.6 is 23.2 Å². The average Bonchev–Trinajstić information content (AvgIpc) is 2.92. The van der Waals surface area contributed by atoms with Crippen LogP contribution in [0.15, 0.2) is 97.1 Å². The fraction of sp³-hybridized carbons (Fsp3) is 0.188. The van der Waals surface area contributed by atoms with E-state index in [4.69, 9.17) is 23.2 Å². The van der Waals surface area contributed by atoms with E-state index >= 15 is 0 Å². The van der Waals surface area contributed by atoms with Crippen molar-refractivity contribution in [3.05, 3.63) is 140 Å². The van der Waals surface area contributed by atoms with Crippen LogP contribution in [-0.4, -0.2) is 34.7 Å². The second-order valence-electron chi connectivity index (χ2n) is 9.38. The molecule has 38 heavy (non-hydrogen) atoms. The maximum atomic E-state index is 13.7. The Kier molecular flexibility index (Phi) is 9.22. The van der Waals surface area contributed by atoms with Gasteiger partial charge in [-0.05, 0) is 49.2 Å². The van der Waals surface area contributed by atoms with Crippen LogP contribution in [0.5, 0.6) is 0 Å². The molecule has 0 atom stereocenters. The van der Waals surface area contributed by atoms with Gasteiger partial charge < -0.3 is 9.80 Å². The Morgan fingerprint density at radius 1 is 0.553 bits per heavy atom. The van der Waals surface area contributed by atoms with Gasteiger partial charge >= 0.3 is 0 Å². The third-order valence-electron chi connectivity index (χ3n) is 6.41. The number of carbonyl (C=O) groups is 2. The lowest BCUT2D eigenvalue weighted by Crippen LogP contribution is -2.40. The largest absolute Gasteiger partial charge is 0.332 e. The molecule has 0 spiro atoms. The van der Waals surface area contributed by atoms with Crippen molar-refractivity contribution in [1.82, 2.24) is 9.80 Å². The second-order valence-corrected chi connectivity index (χ2v) is 10.2. The number of carbonyl (C=O) groups excluding carboxylic acids is 2. The minimum absolute atomic E-state index is 0.184. The second kappa shape index (κ2) is 12.8. The third kappa shape index (κ3) is 7.03. The molecule has 0 saturated carbocycles. The molecule has 4 aromatic rings. The SMILES string of the molecule is Cc1ccc(CN(CCN(Cc2ccc(C)cc2)C(=O)c2ccccc2Cl)C(=O)c2ccccc2Cl)cc1. The zero-order valence-corrected chi connectivity index (χ0v) is 23.0. The molecule has 0 aliphatic carbocycles. The number of benzene rings is 4. The van der Waals surface area contributed by atoms with Crippen molar-refractivity contribution in [1.29, 1.82) is 0 Å². The Bertz CT molecular complexity index is 1290. The zero-order valence-electron chi connectivity index (χ0n) is 21.5. The summed E-state index contributed by atoms with van der Waals surface area (Å²) in [5, 5.41) is 0.796. The van der Waals surface area contributed by atoms with E-state index in [0.29, 0.717) is 47.4 Å². The van der Waals surface area contributed by atoms with Gasteiger partial charge in [0.15, 0.2) is 0 Å². The molecule has 4 aromatic carbocycles. The molecule has 0 heterocycles. The molecule has 6 heteroatoms. The molecule has 0 aliphatic rings. The van der Waals surface area contributed by atoms with Gasteiger partial charge in [0.2, 0.25) is 0 Å². The highest BCUT2D eigenvalue weighted by Gasteiger charge is 2.23.